The maximum atomic E-state index is 13.8. The van der Waals surface area contributed by atoms with Crippen LogP contribution in [0, 0.1) is 6.92 Å². The lowest BCUT2D eigenvalue weighted by Gasteiger charge is -2.10. The molecule has 0 saturated heterocycles. The smallest absolute Gasteiger partial charge is 0.433 e. The van der Waals surface area contributed by atoms with E-state index in [4.69, 9.17) is 9.47 Å². The molecule has 0 aliphatic rings. The molecule has 0 aliphatic heterocycles. The molecule has 0 fully saturated rings. The maximum Gasteiger partial charge on any atom is 0.433 e. The van der Waals surface area contributed by atoms with Gasteiger partial charge in [-0.15, -0.1) is 5.10 Å². The van der Waals surface area contributed by atoms with Crippen LogP contribution in [0.3, 0.4) is 0 Å². The van der Waals surface area contributed by atoms with Crippen molar-refractivity contribution >= 4 is 17.4 Å². The lowest BCUT2D eigenvalue weighted by atomic mass is 10.1. The van der Waals surface area contributed by atoms with Crippen LogP contribution in [0.25, 0.3) is 17.0 Å². The van der Waals surface area contributed by atoms with Crippen LogP contribution in [0.2, 0.25) is 0 Å². The summed E-state index contributed by atoms with van der Waals surface area (Å²) in [5, 5.41) is 6.29. The van der Waals surface area contributed by atoms with Crippen molar-refractivity contribution in [2.45, 2.75) is 13.1 Å². The number of nitrogens with zero attached hydrogens (tertiary/aromatic N) is 4. The Balaban J connectivity index is 1.77. The van der Waals surface area contributed by atoms with Crippen molar-refractivity contribution in [3.8, 4) is 22.8 Å². The zero-order valence-electron chi connectivity index (χ0n) is 17.8. The normalized spacial score (nSPS) is 11.5. The Morgan fingerprint density at radius 3 is 2.36 bits per heavy atom. The Hall–Kier alpha value is -4.15. The fourth-order valence-electron chi connectivity index (χ4n) is 3.13. The lowest BCUT2D eigenvalue weighted by molar-refractivity contribution is -0.142. The van der Waals surface area contributed by atoms with Crippen molar-refractivity contribution in [2.75, 3.05) is 19.5 Å². The van der Waals surface area contributed by atoms with E-state index in [9.17, 15) is 18.0 Å². The highest BCUT2D eigenvalue weighted by atomic mass is 19.4. The quantitative estimate of drug-likeness (QED) is 0.478. The van der Waals surface area contributed by atoms with Crippen molar-refractivity contribution in [1.29, 1.82) is 0 Å². The summed E-state index contributed by atoms with van der Waals surface area (Å²) in [5.74, 6) is -0.916. The Bertz CT molecular complexity index is 1330. The molecule has 11 heteroatoms. The van der Waals surface area contributed by atoms with Gasteiger partial charge in [0, 0.05) is 11.6 Å². The van der Waals surface area contributed by atoms with Gasteiger partial charge < -0.3 is 14.8 Å². The maximum absolute atomic E-state index is 13.8. The topological polar surface area (TPSA) is 90.6 Å². The van der Waals surface area contributed by atoms with Crippen LogP contribution in [0.1, 0.15) is 21.9 Å². The van der Waals surface area contributed by atoms with Crippen LogP contribution in [-0.2, 0) is 6.18 Å². The molecule has 1 amide bonds. The zero-order valence-corrected chi connectivity index (χ0v) is 17.8. The number of aryl methyl sites for hydroxylation is 1. The number of anilines is 1. The molecule has 1 N–H and O–H groups in total. The van der Waals surface area contributed by atoms with Gasteiger partial charge in [0.25, 0.3) is 11.7 Å². The summed E-state index contributed by atoms with van der Waals surface area (Å²) in [7, 11) is 2.86. The fraction of sp³-hybridized carbons (Fsp3) is 0.182. The van der Waals surface area contributed by atoms with Crippen molar-refractivity contribution in [3.63, 3.8) is 0 Å². The summed E-state index contributed by atoms with van der Waals surface area (Å²) in [6.45, 7) is 1.86. The number of aromatic nitrogens is 4. The molecule has 8 nitrogen and oxygen atoms in total. The summed E-state index contributed by atoms with van der Waals surface area (Å²) in [6.07, 6.45) is -4.75. The van der Waals surface area contributed by atoms with Crippen LogP contribution in [-0.4, -0.2) is 39.7 Å². The summed E-state index contributed by atoms with van der Waals surface area (Å²) in [5.41, 5.74) is 0.622. The average molecular weight is 457 g/mol. The number of benzene rings is 2. The standard InChI is InChI=1S/C22H18F3N5O3/c1-12-4-6-13(7-5-12)15-11-18(22(23,24)25)30-21(27-15)28-19(29-30)20(31)26-16-10-14(32-2)8-9-17(16)33-3/h4-11H,1-3H3,(H,26,31). The second kappa shape index (κ2) is 8.41. The number of ether oxygens (including phenoxy) is 2. The first-order valence-corrected chi connectivity index (χ1v) is 9.65. The Morgan fingerprint density at radius 1 is 1.00 bits per heavy atom. The van der Waals surface area contributed by atoms with Crippen molar-refractivity contribution in [3.05, 3.63) is 65.6 Å². The molecule has 170 valence electrons. The molecular weight excluding hydrogens is 439 g/mol. The number of carbonyl (C=O) groups is 1. The molecule has 4 rings (SSSR count). The Morgan fingerprint density at radius 2 is 1.73 bits per heavy atom. The number of hydrogen-bond acceptors (Lipinski definition) is 6. The van der Waals surface area contributed by atoms with Gasteiger partial charge in [-0.25, -0.2) is 4.98 Å². The number of carbonyl (C=O) groups excluding carboxylic acids is 1. The predicted molar refractivity (Wildman–Crippen MR) is 113 cm³/mol. The third-order valence-corrected chi connectivity index (χ3v) is 4.81. The van der Waals surface area contributed by atoms with E-state index in [-0.39, 0.29) is 17.2 Å². The minimum Gasteiger partial charge on any atom is -0.497 e. The van der Waals surface area contributed by atoms with Crippen LogP contribution in [0.5, 0.6) is 11.5 Å². The lowest BCUT2D eigenvalue weighted by Crippen LogP contribution is -2.16. The van der Waals surface area contributed by atoms with Crippen molar-refractivity contribution in [2.24, 2.45) is 0 Å². The number of amides is 1. The molecular formula is C22H18F3N5O3. The molecule has 2 aromatic heterocycles. The molecule has 0 bridgehead atoms. The molecule has 0 aliphatic carbocycles. The summed E-state index contributed by atoms with van der Waals surface area (Å²) in [4.78, 5) is 20.9. The largest absolute Gasteiger partial charge is 0.497 e. The number of halogens is 3. The number of nitrogens with one attached hydrogen (secondary N) is 1. The molecule has 0 spiro atoms. The highest BCUT2D eigenvalue weighted by Gasteiger charge is 2.36. The van der Waals surface area contributed by atoms with E-state index in [0.29, 0.717) is 21.6 Å². The molecule has 0 atom stereocenters. The second-order valence-corrected chi connectivity index (χ2v) is 7.06. The van der Waals surface area contributed by atoms with E-state index >= 15 is 0 Å². The first-order valence-electron chi connectivity index (χ1n) is 9.65. The highest BCUT2D eigenvalue weighted by Crippen LogP contribution is 2.32. The van der Waals surface area contributed by atoms with Gasteiger partial charge >= 0.3 is 6.18 Å². The van der Waals surface area contributed by atoms with Gasteiger partial charge in [-0.2, -0.15) is 22.7 Å². The van der Waals surface area contributed by atoms with E-state index < -0.39 is 23.6 Å². The SMILES string of the molecule is COc1ccc(OC)c(NC(=O)c2nc3nc(-c4ccc(C)cc4)cc(C(F)(F)F)n3n2)c1. The Labute approximate surface area is 186 Å². The first kappa shape index (κ1) is 22.1. The third kappa shape index (κ3) is 4.43. The van der Waals surface area contributed by atoms with Gasteiger partial charge in [0.2, 0.25) is 5.82 Å². The van der Waals surface area contributed by atoms with Crippen LogP contribution < -0.4 is 14.8 Å². The van der Waals surface area contributed by atoms with Crippen LogP contribution in [0.4, 0.5) is 18.9 Å². The zero-order chi connectivity index (χ0) is 23.8. The molecule has 2 heterocycles. The first-order chi connectivity index (χ1) is 15.7. The van der Waals surface area contributed by atoms with E-state index in [1.165, 1.54) is 20.3 Å². The highest BCUT2D eigenvalue weighted by molar-refractivity contribution is 6.02. The molecule has 0 radical (unpaired) electrons. The molecule has 4 aromatic rings. The van der Waals surface area contributed by atoms with Crippen molar-refractivity contribution in [1.82, 2.24) is 19.6 Å². The van der Waals surface area contributed by atoms with Gasteiger partial charge in [-0.3, -0.25) is 4.79 Å². The summed E-state index contributed by atoms with van der Waals surface area (Å²) in [6, 6.07) is 12.4. The van der Waals surface area contributed by atoms with Gasteiger partial charge in [-0.05, 0) is 25.1 Å². The fourth-order valence-corrected chi connectivity index (χ4v) is 3.13. The summed E-state index contributed by atoms with van der Waals surface area (Å²) >= 11 is 0. The second-order valence-electron chi connectivity index (χ2n) is 7.06. The monoisotopic (exact) mass is 457 g/mol. The predicted octanol–water partition coefficient (Wildman–Crippen LogP) is 4.39. The van der Waals surface area contributed by atoms with E-state index in [1.54, 1.807) is 36.4 Å². The van der Waals surface area contributed by atoms with Crippen LogP contribution in [0.15, 0.2) is 48.5 Å². The molecule has 33 heavy (non-hydrogen) atoms. The van der Waals surface area contributed by atoms with Gasteiger partial charge in [0.1, 0.15) is 11.5 Å². The number of hydrogen-bond donors (Lipinski definition) is 1. The summed E-state index contributed by atoms with van der Waals surface area (Å²) < 4.78 is 52.1. The minimum absolute atomic E-state index is 0.0589. The number of fused-ring (bicyclic) bond motifs is 1. The van der Waals surface area contributed by atoms with E-state index in [0.717, 1.165) is 11.6 Å². The number of alkyl halides is 3. The van der Waals surface area contributed by atoms with Crippen LogP contribution >= 0.6 is 0 Å². The Kier molecular flexibility index (Phi) is 5.62. The minimum atomic E-state index is -4.75. The van der Waals surface area contributed by atoms with E-state index in [1.807, 2.05) is 6.92 Å². The molecule has 0 unspecified atom stereocenters. The molecule has 0 saturated carbocycles. The van der Waals surface area contributed by atoms with Crippen molar-refractivity contribution < 1.29 is 27.4 Å². The number of methoxy groups -OCH3 is 2. The molecule has 2 aromatic carbocycles. The van der Waals surface area contributed by atoms with E-state index in [2.05, 4.69) is 20.4 Å². The average Bonchev–Trinajstić information content (AvgIpc) is 3.22. The van der Waals surface area contributed by atoms with Gasteiger partial charge in [0.05, 0.1) is 25.6 Å². The van der Waals surface area contributed by atoms with Gasteiger partial charge in [0.15, 0.2) is 5.69 Å². The van der Waals surface area contributed by atoms with Gasteiger partial charge in [-0.1, -0.05) is 29.8 Å². The number of rotatable bonds is 5. The third-order valence-electron chi connectivity index (χ3n) is 4.81.